The molecule has 2 N–H and O–H groups in total. The molecule has 2 amide bonds. The molecule has 1 heterocycles. The van der Waals surface area contributed by atoms with E-state index in [1.165, 1.54) is 11.3 Å². The predicted molar refractivity (Wildman–Crippen MR) is 59.1 cm³/mol. The molecule has 6 heteroatoms. The molecule has 0 atom stereocenters. The quantitative estimate of drug-likeness (QED) is 0.822. The number of urea groups is 1. The standard InChI is InChI=1S/C9H14N4OS/c1-2-3-7-12-13-9(15-7)11-8(14)10-6-4-5-6/h6H,2-5H2,1H3,(H2,10,11,13,14). The first kappa shape index (κ1) is 10.4. The van der Waals surface area contributed by atoms with E-state index in [2.05, 4.69) is 27.8 Å². The van der Waals surface area contributed by atoms with Gasteiger partial charge in [-0.05, 0) is 19.3 Å². The molecule has 1 fully saturated rings. The van der Waals surface area contributed by atoms with E-state index in [0.29, 0.717) is 11.2 Å². The topological polar surface area (TPSA) is 66.9 Å². The number of carbonyl (C=O) groups is 1. The zero-order valence-corrected chi connectivity index (χ0v) is 9.43. The fourth-order valence-electron chi connectivity index (χ4n) is 1.17. The van der Waals surface area contributed by atoms with Crippen LogP contribution in [-0.2, 0) is 6.42 Å². The van der Waals surface area contributed by atoms with Crippen molar-refractivity contribution < 1.29 is 4.79 Å². The Morgan fingerprint density at radius 2 is 2.33 bits per heavy atom. The lowest BCUT2D eigenvalue weighted by atomic mass is 10.4. The second-order valence-electron chi connectivity index (χ2n) is 3.62. The van der Waals surface area contributed by atoms with Gasteiger partial charge in [0.2, 0.25) is 5.13 Å². The van der Waals surface area contributed by atoms with E-state index in [-0.39, 0.29) is 6.03 Å². The summed E-state index contributed by atoms with van der Waals surface area (Å²) in [5.41, 5.74) is 0. The van der Waals surface area contributed by atoms with Crippen molar-refractivity contribution in [1.82, 2.24) is 15.5 Å². The molecule has 1 aromatic rings. The van der Waals surface area contributed by atoms with Crippen molar-refractivity contribution in [2.45, 2.75) is 38.6 Å². The summed E-state index contributed by atoms with van der Waals surface area (Å²) < 4.78 is 0. The fraction of sp³-hybridized carbons (Fsp3) is 0.667. The van der Waals surface area contributed by atoms with Crippen LogP contribution in [-0.4, -0.2) is 22.3 Å². The Morgan fingerprint density at radius 3 is 3.00 bits per heavy atom. The van der Waals surface area contributed by atoms with Crippen LogP contribution in [0, 0.1) is 0 Å². The summed E-state index contributed by atoms with van der Waals surface area (Å²) >= 11 is 1.44. The van der Waals surface area contributed by atoms with Gasteiger partial charge in [-0.15, -0.1) is 10.2 Å². The summed E-state index contributed by atoms with van der Waals surface area (Å²) in [5.74, 6) is 0. The molecule has 5 nitrogen and oxygen atoms in total. The number of rotatable bonds is 4. The molecule has 82 valence electrons. The summed E-state index contributed by atoms with van der Waals surface area (Å²) in [7, 11) is 0. The molecule has 0 radical (unpaired) electrons. The number of hydrogen-bond donors (Lipinski definition) is 2. The minimum atomic E-state index is -0.170. The third-order valence-electron chi connectivity index (χ3n) is 2.06. The molecule has 0 unspecified atom stereocenters. The minimum absolute atomic E-state index is 0.170. The largest absolute Gasteiger partial charge is 0.335 e. The fourth-order valence-corrected chi connectivity index (χ4v) is 2.00. The highest BCUT2D eigenvalue weighted by Gasteiger charge is 2.23. The van der Waals surface area contributed by atoms with Crippen molar-refractivity contribution in [2.24, 2.45) is 0 Å². The van der Waals surface area contributed by atoms with Crippen molar-refractivity contribution >= 4 is 22.5 Å². The highest BCUT2D eigenvalue weighted by molar-refractivity contribution is 7.15. The van der Waals surface area contributed by atoms with E-state index in [4.69, 9.17) is 0 Å². The molecular formula is C9H14N4OS. The van der Waals surface area contributed by atoms with Gasteiger partial charge in [0, 0.05) is 12.5 Å². The Hall–Kier alpha value is -1.17. The van der Waals surface area contributed by atoms with E-state index in [1.54, 1.807) is 0 Å². The molecule has 2 rings (SSSR count). The molecule has 1 aromatic heterocycles. The third-order valence-corrected chi connectivity index (χ3v) is 2.96. The van der Waals surface area contributed by atoms with Crippen LogP contribution < -0.4 is 10.6 Å². The van der Waals surface area contributed by atoms with E-state index in [0.717, 1.165) is 30.7 Å². The molecule has 0 bridgehead atoms. The zero-order valence-electron chi connectivity index (χ0n) is 8.62. The maximum atomic E-state index is 11.3. The van der Waals surface area contributed by atoms with Gasteiger partial charge < -0.3 is 5.32 Å². The van der Waals surface area contributed by atoms with Crippen LogP contribution in [0.4, 0.5) is 9.93 Å². The van der Waals surface area contributed by atoms with Crippen molar-refractivity contribution in [2.75, 3.05) is 5.32 Å². The number of hydrogen-bond acceptors (Lipinski definition) is 4. The lowest BCUT2D eigenvalue weighted by Crippen LogP contribution is -2.30. The van der Waals surface area contributed by atoms with Crippen LogP contribution in [0.1, 0.15) is 31.2 Å². The Kier molecular flexibility index (Phi) is 3.15. The van der Waals surface area contributed by atoms with Crippen LogP contribution in [0.5, 0.6) is 0 Å². The maximum absolute atomic E-state index is 11.3. The van der Waals surface area contributed by atoms with Gasteiger partial charge in [-0.2, -0.15) is 0 Å². The monoisotopic (exact) mass is 226 g/mol. The second kappa shape index (κ2) is 4.57. The Labute approximate surface area is 92.3 Å². The summed E-state index contributed by atoms with van der Waals surface area (Å²) in [5, 5.41) is 14.9. The molecular weight excluding hydrogens is 212 g/mol. The number of nitrogens with one attached hydrogen (secondary N) is 2. The highest BCUT2D eigenvalue weighted by atomic mass is 32.1. The molecule has 0 aromatic carbocycles. The molecule has 15 heavy (non-hydrogen) atoms. The van der Waals surface area contributed by atoms with E-state index in [1.807, 2.05) is 0 Å². The Bertz CT molecular complexity index is 348. The highest BCUT2D eigenvalue weighted by Crippen LogP contribution is 2.20. The average molecular weight is 226 g/mol. The van der Waals surface area contributed by atoms with Gasteiger partial charge in [-0.25, -0.2) is 4.79 Å². The lowest BCUT2D eigenvalue weighted by molar-refractivity contribution is 0.251. The van der Waals surface area contributed by atoms with E-state index < -0.39 is 0 Å². The van der Waals surface area contributed by atoms with Gasteiger partial charge in [-0.3, -0.25) is 5.32 Å². The van der Waals surface area contributed by atoms with Crippen molar-refractivity contribution in [3.8, 4) is 0 Å². The summed E-state index contributed by atoms with van der Waals surface area (Å²) in [4.78, 5) is 11.3. The average Bonchev–Trinajstić information content (AvgIpc) is 2.88. The summed E-state index contributed by atoms with van der Waals surface area (Å²) in [6, 6.07) is 0.199. The first-order valence-corrected chi connectivity index (χ1v) is 5.99. The number of nitrogens with zero attached hydrogens (tertiary/aromatic N) is 2. The van der Waals surface area contributed by atoms with Crippen LogP contribution in [0.25, 0.3) is 0 Å². The number of aryl methyl sites for hydroxylation is 1. The van der Waals surface area contributed by atoms with Crippen LogP contribution in [0.15, 0.2) is 0 Å². The van der Waals surface area contributed by atoms with Gasteiger partial charge in [0.15, 0.2) is 0 Å². The normalized spacial score (nSPS) is 15.0. The maximum Gasteiger partial charge on any atom is 0.321 e. The van der Waals surface area contributed by atoms with Gasteiger partial charge in [0.25, 0.3) is 0 Å². The van der Waals surface area contributed by atoms with Crippen molar-refractivity contribution in [3.05, 3.63) is 5.01 Å². The number of amides is 2. The Balaban J connectivity index is 1.83. The Morgan fingerprint density at radius 1 is 1.53 bits per heavy atom. The lowest BCUT2D eigenvalue weighted by Gasteiger charge is -2.01. The molecule has 1 aliphatic carbocycles. The SMILES string of the molecule is CCCc1nnc(NC(=O)NC2CC2)s1. The number of carbonyl (C=O) groups excluding carboxylic acids is 1. The summed E-state index contributed by atoms with van der Waals surface area (Å²) in [6.45, 7) is 2.09. The number of anilines is 1. The zero-order chi connectivity index (χ0) is 10.7. The van der Waals surface area contributed by atoms with Crippen LogP contribution >= 0.6 is 11.3 Å². The predicted octanol–water partition coefficient (Wildman–Crippen LogP) is 1.77. The number of aromatic nitrogens is 2. The van der Waals surface area contributed by atoms with Crippen LogP contribution in [0.2, 0.25) is 0 Å². The first-order valence-electron chi connectivity index (χ1n) is 5.18. The van der Waals surface area contributed by atoms with Crippen LogP contribution in [0.3, 0.4) is 0 Å². The van der Waals surface area contributed by atoms with Crippen molar-refractivity contribution in [3.63, 3.8) is 0 Å². The van der Waals surface area contributed by atoms with Gasteiger partial charge in [-0.1, -0.05) is 18.3 Å². The van der Waals surface area contributed by atoms with E-state index in [9.17, 15) is 4.79 Å². The van der Waals surface area contributed by atoms with Gasteiger partial charge in [0.05, 0.1) is 0 Å². The van der Waals surface area contributed by atoms with Gasteiger partial charge in [0.1, 0.15) is 5.01 Å². The molecule has 1 saturated carbocycles. The summed E-state index contributed by atoms with van der Waals surface area (Å²) in [6.07, 6.45) is 4.14. The van der Waals surface area contributed by atoms with Crippen molar-refractivity contribution in [1.29, 1.82) is 0 Å². The first-order chi connectivity index (χ1) is 7.28. The molecule has 0 aliphatic heterocycles. The molecule has 1 aliphatic rings. The third kappa shape index (κ3) is 3.16. The molecule has 0 saturated heterocycles. The smallest absolute Gasteiger partial charge is 0.321 e. The van der Waals surface area contributed by atoms with E-state index >= 15 is 0 Å². The van der Waals surface area contributed by atoms with Gasteiger partial charge >= 0.3 is 6.03 Å². The molecule has 0 spiro atoms. The second-order valence-corrected chi connectivity index (χ2v) is 4.69. The minimum Gasteiger partial charge on any atom is -0.335 e.